The van der Waals surface area contributed by atoms with E-state index in [1.54, 1.807) is 12.1 Å². The number of hydrogen-bond donors (Lipinski definition) is 1. The minimum absolute atomic E-state index is 0.0104. The van der Waals surface area contributed by atoms with Crippen molar-refractivity contribution in [3.8, 4) is 11.5 Å². The van der Waals surface area contributed by atoms with E-state index >= 15 is 0 Å². The minimum atomic E-state index is -3.04. The number of nitrogens with zero attached hydrogens (tertiary/aromatic N) is 3. The Hall–Kier alpha value is -3.17. The Morgan fingerprint density at radius 3 is 2.43 bits per heavy atom. The SMILES string of the molecule is Cc1oc(-c2ccc(C(=O)N[C@@H]3CCS(=O)(=O)C3)cc2)nc1CN1CCN(c2ccccc2)CC1. The van der Waals surface area contributed by atoms with Crippen LogP contribution in [-0.4, -0.2) is 67.9 Å². The maximum absolute atomic E-state index is 12.5. The van der Waals surface area contributed by atoms with Gasteiger partial charge in [-0.1, -0.05) is 18.2 Å². The minimum Gasteiger partial charge on any atom is -0.441 e. The van der Waals surface area contributed by atoms with Crippen molar-refractivity contribution in [2.45, 2.75) is 25.9 Å². The number of hydrogen-bond acceptors (Lipinski definition) is 7. The van der Waals surface area contributed by atoms with Crippen LogP contribution >= 0.6 is 0 Å². The molecule has 2 aromatic carbocycles. The second kappa shape index (κ2) is 9.83. The molecular formula is C26H30N4O4S. The molecular weight excluding hydrogens is 464 g/mol. The highest BCUT2D eigenvalue weighted by Gasteiger charge is 2.29. The summed E-state index contributed by atoms with van der Waals surface area (Å²) in [6.45, 7) is 6.55. The zero-order valence-electron chi connectivity index (χ0n) is 19.8. The van der Waals surface area contributed by atoms with Gasteiger partial charge in [0.1, 0.15) is 5.76 Å². The van der Waals surface area contributed by atoms with E-state index < -0.39 is 9.84 Å². The van der Waals surface area contributed by atoms with E-state index in [1.807, 2.05) is 25.1 Å². The number of rotatable bonds is 6. The van der Waals surface area contributed by atoms with Crippen LogP contribution in [0, 0.1) is 6.92 Å². The van der Waals surface area contributed by atoms with Gasteiger partial charge in [0.05, 0.1) is 17.2 Å². The molecule has 2 saturated heterocycles. The molecule has 2 fully saturated rings. The average molecular weight is 495 g/mol. The molecule has 0 radical (unpaired) electrons. The number of oxazole rings is 1. The number of piperazine rings is 1. The fourth-order valence-corrected chi connectivity index (χ4v) is 6.33. The average Bonchev–Trinajstić information content (AvgIpc) is 3.41. The summed E-state index contributed by atoms with van der Waals surface area (Å²) < 4.78 is 29.2. The molecule has 184 valence electrons. The molecule has 1 atom stereocenters. The van der Waals surface area contributed by atoms with E-state index in [2.05, 4.69) is 39.4 Å². The van der Waals surface area contributed by atoms with Gasteiger partial charge in [0.2, 0.25) is 5.89 Å². The van der Waals surface area contributed by atoms with Gasteiger partial charge in [-0.3, -0.25) is 9.69 Å². The predicted octanol–water partition coefficient (Wildman–Crippen LogP) is 2.89. The topological polar surface area (TPSA) is 95.7 Å². The molecule has 2 aliphatic heterocycles. The van der Waals surface area contributed by atoms with Gasteiger partial charge >= 0.3 is 0 Å². The van der Waals surface area contributed by atoms with Crippen molar-refractivity contribution in [2.24, 2.45) is 0 Å². The number of benzene rings is 2. The van der Waals surface area contributed by atoms with Crippen molar-refractivity contribution in [1.82, 2.24) is 15.2 Å². The number of carbonyl (C=O) groups is 1. The van der Waals surface area contributed by atoms with Crippen molar-refractivity contribution < 1.29 is 17.6 Å². The Labute approximate surface area is 205 Å². The predicted molar refractivity (Wildman–Crippen MR) is 135 cm³/mol. The summed E-state index contributed by atoms with van der Waals surface area (Å²) in [7, 11) is -3.04. The normalized spacial score (nSPS) is 20.1. The number of para-hydroxylation sites is 1. The maximum Gasteiger partial charge on any atom is 0.251 e. The van der Waals surface area contributed by atoms with E-state index in [9.17, 15) is 13.2 Å². The highest BCUT2D eigenvalue weighted by Crippen LogP contribution is 2.24. The number of anilines is 1. The molecule has 3 heterocycles. The summed E-state index contributed by atoms with van der Waals surface area (Å²) >= 11 is 0. The smallest absolute Gasteiger partial charge is 0.251 e. The van der Waals surface area contributed by atoms with Crippen LogP contribution in [0.2, 0.25) is 0 Å². The van der Waals surface area contributed by atoms with Crippen LogP contribution in [0.5, 0.6) is 0 Å². The third-order valence-electron chi connectivity index (χ3n) is 6.72. The molecule has 0 unspecified atom stereocenters. The van der Waals surface area contributed by atoms with Crippen LogP contribution in [-0.2, 0) is 16.4 Å². The van der Waals surface area contributed by atoms with Gasteiger partial charge in [-0.05, 0) is 49.7 Å². The number of aryl methyl sites for hydroxylation is 1. The number of amides is 1. The highest BCUT2D eigenvalue weighted by molar-refractivity contribution is 7.91. The lowest BCUT2D eigenvalue weighted by atomic mass is 10.1. The Kier molecular flexibility index (Phi) is 6.62. The maximum atomic E-state index is 12.5. The standard InChI is InChI=1S/C26H30N4O4S/c1-19-24(17-29-12-14-30(15-13-29)23-5-3-2-4-6-23)28-26(34-19)21-9-7-20(8-10-21)25(31)27-22-11-16-35(32,33)18-22/h2-10,22H,11-18H2,1H3,(H,27,31)/t22-/m1/s1. The first-order chi connectivity index (χ1) is 16.9. The fraction of sp³-hybridized carbons (Fsp3) is 0.385. The molecule has 1 N–H and O–H groups in total. The van der Waals surface area contributed by atoms with Gasteiger partial charge < -0.3 is 14.6 Å². The number of sulfone groups is 1. The third kappa shape index (κ3) is 5.57. The van der Waals surface area contributed by atoms with Crippen LogP contribution in [0.15, 0.2) is 59.0 Å². The molecule has 0 bridgehead atoms. The van der Waals surface area contributed by atoms with Gasteiger partial charge in [-0.15, -0.1) is 0 Å². The van der Waals surface area contributed by atoms with Crippen molar-refractivity contribution in [1.29, 1.82) is 0 Å². The summed E-state index contributed by atoms with van der Waals surface area (Å²) in [5.74, 6) is 1.21. The Bertz CT molecular complexity index is 1280. The van der Waals surface area contributed by atoms with E-state index in [0.29, 0.717) is 17.9 Å². The van der Waals surface area contributed by atoms with Crippen molar-refractivity contribution in [3.05, 3.63) is 71.6 Å². The van der Waals surface area contributed by atoms with Crippen molar-refractivity contribution in [3.63, 3.8) is 0 Å². The second-order valence-corrected chi connectivity index (χ2v) is 11.5. The molecule has 0 aliphatic carbocycles. The summed E-state index contributed by atoms with van der Waals surface area (Å²) in [6, 6.07) is 17.2. The number of aromatic nitrogens is 1. The molecule has 0 spiro atoms. The summed E-state index contributed by atoms with van der Waals surface area (Å²) in [4.78, 5) is 22.0. The van der Waals surface area contributed by atoms with E-state index in [1.165, 1.54) is 5.69 Å². The van der Waals surface area contributed by atoms with E-state index in [4.69, 9.17) is 9.40 Å². The molecule has 1 aromatic heterocycles. The van der Waals surface area contributed by atoms with Gasteiger partial charge in [-0.2, -0.15) is 0 Å². The number of nitrogens with one attached hydrogen (secondary N) is 1. The van der Waals surface area contributed by atoms with Crippen LogP contribution in [0.25, 0.3) is 11.5 Å². The molecule has 8 nitrogen and oxygen atoms in total. The van der Waals surface area contributed by atoms with Crippen LogP contribution in [0.3, 0.4) is 0 Å². The molecule has 1 amide bonds. The number of carbonyl (C=O) groups excluding carboxylic acids is 1. The molecule has 9 heteroatoms. The Morgan fingerprint density at radius 2 is 1.77 bits per heavy atom. The van der Waals surface area contributed by atoms with Gasteiger partial charge in [0.25, 0.3) is 5.91 Å². The molecule has 2 aliphatic rings. The lowest BCUT2D eigenvalue weighted by Gasteiger charge is -2.35. The Morgan fingerprint density at radius 1 is 1.06 bits per heavy atom. The first kappa shape index (κ1) is 23.6. The quantitative estimate of drug-likeness (QED) is 0.563. The van der Waals surface area contributed by atoms with Gasteiger partial charge in [-0.25, -0.2) is 13.4 Å². The zero-order chi connectivity index (χ0) is 24.4. The van der Waals surface area contributed by atoms with Crippen LogP contribution < -0.4 is 10.2 Å². The molecule has 5 rings (SSSR count). The fourth-order valence-electron chi connectivity index (χ4n) is 4.65. The lowest BCUT2D eigenvalue weighted by Crippen LogP contribution is -2.46. The monoisotopic (exact) mass is 494 g/mol. The van der Waals surface area contributed by atoms with Crippen LogP contribution in [0.1, 0.15) is 28.2 Å². The van der Waals surface area contributed by atoms with Crippen molar-refractivity contribution >= 4 is 21.4 Å². The van der Waals surface area contributed by atoms with E-state index in [0.717, 1.165) is 49.7 Å². The lowest BCUT2D eigenvalue weighted by molar-refractivity contribution is 0.0941. The second-order valence-electron chi connectivity index (χ2n) is 9.27. The molecule has 0 saturated carbocycles. The summed E-state index contributed by atoms with van der Waals surface area (Å²) in [6.07, 6.45) is 0.464. The summed E-state index contributed by atoms with van der Waals surface area (Å²) in [5.41, 5.74) is 3.47. The largest absolute Gasteiger partial charge is 0.441 e. The highest BCUT2D eigenvalue weighted by atomic mass is 32.2. The third-order valence-corrected chi connectivity index (χ3v) is 8.49. The summed E-state index contributed by atoms with van der Waals surface area (Å²) in [5, 5.41) is 2.82. The van der Waals surface area contributed by atoms with Gasteiger partial charge in [0, 0.05) is 55.6 Å². The first-order valence-electron chi connectivity index (χ1n) is 12.0. The van der Waals surface area contributed by atoms with E-state index in [-0.39, 0.29) is 23.5 Å². The van der Waals surface area contributed by atoms with Crippen molar-refractivity contribution in [2.75, 3.05) is 42.6 Å². The molecule has 35 heavy (non-hydrogen) atoms. The Balaban J connectivity index is 1.18. The van der Waals surface area contributed by atoms with Crippen LogP contribution in [0.4, 0.5) is 5.69 Å². The van der Waals surface area contributed by atoms with Gasteiger partial charge in [0.15, 0.2) is 9.84 Å². The molecule has 3 aromatic rings. The first-order valence-corrected chi connectivity index (χ1v) is 13.8. The zero-order valence-corrected chi connectivity index (χ0v) is 20.6.